The SMILES string of the molecule is C#Cc1cccc(NC(=O)C2NCCCC2C)c1. The molecule has 2 unspecified atom stereocenters. The van der Waals surface area contributed by atoms with Crippen LogP contribution in [0.1, 0.15) is 25.3 Å². The fourth-order valence-electron chi connectivity index (χ4n) is 2.31. The number of nitrogens with one attached hydrogen (secondary N) is 2. The van der Waals surface area contributed by atoms with Crippen LogP contribution in [-0.4, -0.2) is 18.5 Å². The van der Waals surface area contributed by atoms with Crippen molar-refractivity contribution in [3.63, 3.8) is 0 Å². The molecule has 1 saturated heterocycles. The Balaban J connectivity index is 2.04. The first-order chi connectivity index (χ1) is 8.70. The highest BCUT2D eigenvalue weighted by Gasteiger charge is 2.27. The van der Waals surface area contributed by atoms with E-state index in [2.05, 4.69) is 23.5 Å². The minimum Gasteiger partial charge on any atom is -0.325 e. The molecule has 1 aromatic carbocycles. The van der Waals surface area contributed by atoms with E-state index >= 15 is 0 Å². The molecule has 0 aromatic heterocycles. The zero-order valence-electron chi connectivity index (χ0n) is 10.6. The van der Waals surface area contributed by atoms with Crippen LogP contribution in [0.4, 0.5) is 5.69 Å². The Kier molecular flexibility index (Phi) is 4.01. The van der Waals surface area contributed by atoms with Crippen LogP contribution in [0.2, 0.25) is 0 Å². The quantitative estimate of drug-likeness (QED) is 0.779. The van der Waals surface area contributed by atoms with Gasteiger partial charge in [-0.1, -0.05) is 18.9 Å². The molecular weight excluding hydrogens is 224 g/mol. The Labute approximate surface area is 108 Å². The van der Waals surface area contributed by atoms with Gasteiger partial charge in [0.25, 0.3) is 0 Å². The number of rotatable bonds is 2. The molecule has 0 bridgehead atoms. The molecule has 1 aliphatic rings. The van der Waals surface area contributed by atoms with Gasteiger partial charge in [0.15, 0.2) is 0 Å². The third-order valence-corrected chi connectivity index (χ3v) is 3.35. The lowest BCUT2D eigenvalue weighted by Crippen LogP contribution is -2.48. The van der Waals surface area contributed by atoms with E-state index in [1.165, 1.54) is 0 Å². The summed E-state index contributed by atoms with van der Waals surface area (Å²) in [6.45, 7) is 3.01. The summed E-state index contributed by atoms with van der Waals surface area (Å²) in [5, 5.41) is 6.18. The van der Waals surface area contributed by atoms with Gasteiger partial charge in [0.05, 0.1) is 6.04 Å². The fourth-order valence-corrected chi connectivity index (χ4v) is 2.31. The Morgan fingerprint density at radius 2 is 2.39 bits per heavy atom. The normalized spacial score (nSPS) is 23.1. The van der Waals surface area contributed by atoms with Crippen LogP contribution in [-0.2, 0) is 4.79 Å². The summed E-state index contributed by atoms with van der Waals surface area (Å²) in [7, 11) is 0. The lowest BCUT2D eigenvalue weighted by Gasteiger charge is -2.28. The monoisotopic (exact) mass is 242 g/mol. The van der Waals surface area contributed by atoms with Crippen molar-refractivity contribution in [2.75, 3.05) is 11.9 Å². The van der Waals surface area contributed by atoms with Gasteiger partial charge in [-0.05, 0) is 43.5 Å². The van der Waals surface area contributed by atoms with E-state index in [0.717, 1.165) is 30.6 Å². The van der Waals surface area contributed by atoms with Gasteiger partial charge in [0.1, 0.15) is 0 Å². The number of hydrogen-bond acceptors (Lipinski definition) is 2. The van der Waals surface area contributed by atoms with Crippen molar-refractivity contribution in [1.82, 2.24) is 5.32 Å². The summed E-state index contributed by atoms with van der Waals surface area (Å²) >= 11 is 0. The molecule has 1 heterocycles. The second-order valence-corrected chi connectivity index (χ2v) is 4.77. The van der Waals surface area contributed by atoms with Crippen molar-refractivity contribution in [2.24, 2.45) is 5.92 Å². The maximum atomic E-state index is 12.2. The van der Waals surface area contributed by atoms with E-state index in [9.17, 15) is 4.79 Å². The van der Waals surface area contributed by atoms with Crippen LogP contribution in [0, 0.1) is 18.3 Å². The maximum Gasteiger partial charge on any atom is 0.241 e. The highest BCUT2D eigenvalue weighted by molar-refractivity contribution is 5.95. The molecule has 1 aromatic rings. The van der Waals surface area contributed by atoms with Gasteiger partial charge < -0.3 is 10.6 Å². The second kappa shape index (κ2) is 5.70. The third kappa shape index (κ3) is 2.91. The molecule has 1 amide bonds. The Morgan fingerprint density at radius 3 is 3.11 bits per heavy atom. The first-order valence-electron chi connectivity index (χ1n) is 6.31. The van der Waals surface area contributed by atoms with Crippen molar-refractivity contribution in [3.8, 4) is 12.3 Å². The first-order valence-corrected chi connectivity index (χ1v) is 6.31. The van der Waals surface area contributed by atoms with Gasteiger partial charge in [-0.2, -0.15) is 0 Å². The van der Waals surface area contributed by atoms with E-state index in [0.29, 0.717) is 5.92 Å². The molecule has 1 fully saturated rings. The standard InChI is InChI=1S/C15H18N2O/c1-3-12-7-4-8-13(10-12)17-15(18)14-11(2)6-5-9-16-14/h1,4,7-8,10-11,14,16H,5-6,9H2,2H3,(H,17,18). The summed E-state index contributed by atoms with van der Waals surface area (Å²) in [6, 6.07) is 7.25. The summed E-state index contributed by atoms with van der Waals surface area (Å²) in [5.74, 6) is 2.96. The molecule has 2 rings (SSSR count). The Hall–Kier alpha value is -1.79. The van der Waals surface area contributed by atoms with Crippen LogP contribution in [0.3, 0.4) is 0 Å². The number of amides is 1. The minimum absolute atomic E-state index is 0.0244. The van der Waals surface area contributed by atoms with E-state index in [1.54, 1.807) is 0 Å². The van der Waals surface area contributed by atoms with Crippen LogP contribution in [0.15, 0.2) is 24.3 Å². The van der Waals surface area contributed by atoms with Crippen molar-refractivity contribution in [3.05, 3.63) is 29.8 Å². The topological polar surface area (TPSA) is 41.1 Å². The number of carbonyl (C=O) groups is 1. The average Bonchev–Trinajstić information content (AvgIpc) is 2.39. The summed E-state index contributed by atoms with van der Waals surface area (Å²) in [6.07, 6.45) is 7.57. The van der Waals surface area contributed by atoms with Crippen molar-refractivity contribution in [2.45, 2.75) is 25.8 Å². The summed E-state index contributed by atoms with van der Waals surface area (Å²) < 4.78 is 0. The molecule has 0 radical (unpaired) electrons. The zero-order chi connectivity index (χ0) is 13.0. The van der Waals surface area contributed by atoms with Crippen molar-refractivity contribution < 1.29 is 4.79 Å². The van der Waals surface area contributed by atoms with Gasteiger partial charge >= 0.3 is 0 Å². The second-order valence-electron chi connectivity index (χ2n) is 4.77. The molecule has 3 nitrogen and oxygen atoms in total. The molecule has 1 aliphatic heterocycles. The summed E-state index contributed by atoms with van der Waals surface area (Å²) in [5.41, 5.74) is 1.53. The predicted molar refractivity (Wildman–Crippen MR) is 73.2 cm³/mol. The number of anilines is 1. The minimum atomic E-state index is -0.103. The highest BCUT2D eigenvalue weighted by Crippen LogP contribution is 2.17. The number of carbonyl (C=O) groups excluding carboxylic acids is 1. The maximum absolute atomic E-state index is 12.2. The molecule has 0 spiro atoms. The molecule has 2 atom stereocenters. The average molecular weight is 242 g/mol. The molecular formula is C15H18N2O. The first kappa shape index (κ1) is 12.7. The van der Waals surface area contributed by atoms with Crippen molar-refractivity contribution >= 4 is 11.6 Å². The third-order valence-electron chi connectivity index (χ3n) is 3.35. The Bertz CT molecular complexity index is 476. The predicted octanol–water partition coefficient (Wildman–Crippen LogP) is 1.99. The largest absolute Gasteiger partial charge is 0.325 e. The number of terminal acetylenes is 1. The Morgan fingerprint density at radius 1 is 1.56 bits per heavy atom. The van der Waals surface area contributed by atoms with E-state index in [1.807, 2.05) is 24.3 Å². The number of hydrogen-bond donors (Lipinski definition) is 2. The molecule has 2 N–H and O–H groups in total. The van der Waals surface area contributed by atoms with E-state index < -0.39 is 0 Å². The van der Waals surface area contributed by atoms with Crippen LogP contribution in [0.25, 0.3) is 0 Å². The van der Waals surface area contributed by atoms with Crippen LogP contribution in [0.5, 0.6) is 0 Å². The lowest BCUT2D eigenvalue weighted by atomic mass is 9.92. The van der Waals surface area contributed by atoms with Crippen molar-refractivity contribution in [1.29, 1.82) is 0 Å². The van der Waals surface area contributed by atoms with Gasteiger partial charge in [0, 0.05) is 11.3 Å². The zero-order valence-corrected chi connectivity index (χ0v) is 10.6. The molecule has 0 saturated carbocycles. The molecule has 94 valence electrons. The number of benzene rings is 1. The van der Waals surface area contributed by atoms with Gasteiger partial charge in [-0.3, -0.25) is 4.79 Å². The van der Waals surface area contributed by atoms with E-state index in [-0.39, 0.29) is 11.9 Å². The van der Waals surface area contributed by atoms with Crippen LogP contribution >= 0.6 is 0 Å². The summed E-state index contributed by atoms with van der Waals surface area (Å²) in [4.78, 5) is 12.2. The lowest BCUT2D eigenvalue weighted by molar-refractivity contribution is -0.119. The molecule has 0 aliphatic carbocycles. The van der Waals surface area contributed by atoms with Crippen LogP contribution < -0.4 is 10.6 Å². The van der Waals surface area contributed by atoms with E-state index in [4.69, 9.17) is 6.42 Å². The highest BCUT2D eigenvalue weighted by atomic mass is 16.2. The fraction of sp³-hybridized carbons (Fsp3) is 0.400. The van der Waals surface area contributed by atoms with Gasteiger partial charge in [-0.15, -0.1) is 6.42 Å². The molecule has 3 heteroatoms. The number of piperidine rings is 1. The molecule has 18 heavy (non-hydrogen) atoms. The van der Waals surface area contributed by atoms with Gasteiger partial charge in [-0.25, -0.2) is 0 Å². The van der Waals surface area contributed by atoms with Gasteiger partial charge in [0.2, 0.25) is 5.91 Å². The smallest absolute Gasteiger partial charge is 0.241 e.